The highest BCUT2D eigenvalue weighted by atomic mass is 16.5. The smallest absolute Gasteiger partial charge is 0.161 e. The zero-order valence-corrected chi connectivity index (χ0v) is 10.7. The first kappa shape index (κ1) is 12.9. The fraction of sp³-hybridized carbons (Fsp3) is 0.571. The Bertz CT molecular complexity index is 274. The number of ether oxygens (including phenoxy) is 2. The summed E-state index contributed by atoms with van der Waals surface area (Å²) in [5.74, 6) is 2.74. The minimum Gasteiger partial charge on any atom is -0.489 e. The second kappa shape index (κ2) is 6.41. The van der Waals surface area contributed by atoms with Gasteiger partial charge in [0.25, 0.3) is 0 Å². The Balaban J connectivity index is 2.60. The lowest BCUT2D eigenvalue weighted by Gasteiger charge is -2.14. The van der Waals surface area contributed by atoms with E-state index in [1.54, 1.807) is 0 Å². The summed E-state index contributed by atoms with van der Waals surface area (Å²) in [6.45, 7) is 9.99. The van der Waals surface area contributed by atoms with E-state index in [0.717, 1.165) is 24.7 Å². The fourth-order valence-corrected chi connectivity index (χ4v) is 1.20. The third-order valence-electron chi connectivity index (χ3n) is 1.99. The van der Waals surface area contributed by atoms with Crippen LogP contribution >= 0.6 is 0 Å². The van der Waals surface area contributed by atoms with Gasteiger partial charge in [-0.25, -0.2) is 0 Å². The molecular weight excluding hydrogens is 200 g/mol. The summed E-state index contributed by atoms with van der Waals surface area (Å²) in [5.41, 5.74) is 0. The Morgan fingerprint density at radius 3 is 1.50 bits per heavy atom. The van der Waals surface area contributed by atoms with Crippen molar-refractivity contribution in [1.82, 2.24) is 0 Å². The Morgan fingerprint density at radius 1 is 0.812 bits per heavy atom. The summed E-state index contributed by atoms with van der Waals surface area (Å²) >= 11 is 0. The van der Waals surface area contributed by atoms with Gasteiger partial charge in [0.05, 0.1) is 13.2 Å². The molecule has 0 saturated heterocycles. The molecule has 1 aromatic carbocycles. The summed E-state index contributed by atoms with van der Waals surface area (Å²) in [6.07, 6.45) is 0. The van der Waals surface area contributed by atoms with E-state index in [9.17, 15) is 0 Å². The zero-order valence-electron chi connectivity index (χ0n) is 10.7. The van der Waals surface area contributed by atoms with Gasteiger partial charge < -0.3 is 9.47 Å². The highest BCUT2D eigenvalue weighted by Crippen LogP contribution is 2.27. The van der Waals surface area contributed by atoms with E-state index in [1.165, 1.54) is 0 Å². The van der Waals surface area contributed by atoms with E-state index in [1.807, 2.05) is 24.3 Å². The maximum Gasteiger partial charge on any atom is 0.161 e. The van der Waals surface area contributed by atoms with Crippen LogP contribution in [0, 0.1) is 11.8 Å². The summed E-state index contributed by atoms with van der Waals surface area (Å²) in [5, 5.41) is 0. The molecule has 2 heteroatoms. The molecule has 0 bridgehead atoms. The van der Waals surface area contributed by atoms with Crippen molar-refractivity contribution in [2.45, 2.75) is 27.7 Å². The number of hydrogen-bond acceptors (Lipinski definition) is 2. The Labute approximate surface area is 98.6 Å². The largest absolute Gasteiger partial charge is 0.489 e. The van der Waals surface area contributed by atoms with Crippen LogP contribution in [-0.4, -0.2) is 13.2 Å². The highest BCUT2D eigenvalue weighted by molar-refractivity contribution is 5.39. The molecule has 0 heterocycles. The molecule has 16 heavy (non-hydrogen) atoms. The molecule has 0 fully saturated rings. The molecule has 1 rings (SSSR count). The lowest BCUT2D eigenvalue weighted by Crippen LogP contribution is -2.08. The average Bonchev–Trinajstić information content (AvgIpc) is 2.24. The zero-order chi connectivity index (χ0) is 12.0. The van der Waals surface area contributed by atoms with Gasteiger partial charge in [0, 0.05) is 0 Å². The molecule has 0 aliphatic carbocycles. The van der Waals surface area contributed by atoms with Gasteiger partial charge in [-0.05, 0) is 24.0 Å². The minimum atomic E-state index is 0.526. The first-order valence-electron chi connectivity index (χ1n) is 5.94. The molecule has 0 aliphatic rings. The number of rotatable bonds is 6. The third kappa shape index (κ3) is 4.56. The van der Waals surface area contributed by atoms with Crippen LogP contribution in [0.3, 0.4) is 0 Å². The predicted octanol–water partition coefficient (Wildman–Crippen LogP) is 3.76. The Kier molecular flexibility index (Phi) is 5.17. The number of benzene rings is 1. The van der Waals surface area contributed by atoms with Crippen molar-refractivity contribution in [1.29, 1.82) is 0 Å². The molecule has 1 aromatic rings. The van der Waals surface area contributed by atoms with Crippen molar-refractivity contribution in [3.05, 3.63) is 24.3 Å². The Hall–Kier alpha value is -1.18. The molecule has 0 radical (unpaired) electrons. The average molecular weight is 222 g/mol. The molecule has 0 aromatic heterocycles. The maximum atomic E-state index is 5.71. The second-order valence-electron chi connectivity index (χ2n) is 4.86. The van der Waals surface area contributed by atoms with E-state index in [4.69, 9.17) is 9.47 Å². The molecule has 0 aliphatic heterocycles. The van der Waals surface area contributed by atoms with Crippen molar-refractivity contribution in [3.8, 4) is 11.5 Å². The lowest BCUT2D eigenvalue weighted by atomic mass is 10.2. The van der Waals surface area contributed by atoms with Crippen molar-refractivity contribution in [2.75, 3.05) is 13.2 Å². The van der Waals surface area contributed by atoms with E-state index >= 15 is 0 Å². The van der Waals surface area contributed by atoms with Crippen molar-refractivity contribution in [2.24, 2.45) is 11.8 Å². The van der Waals surface area contributed by atoms with Gasteiger partial charge in [0.15, 0.2) is 11.5 Å². The normalized spacial score (nSPS) is 10.9. The van der Waals surface area contributed by atoms with Crippen LogP contribution in [0.15, 0.2) is 24.3 Å². The molecule has 0 N–H and O–H groups in total. The van der Waals surface area contributed by atoms with Gasteiger partial charge in [-0.3, -0.25) is 0 Å². The van der Waals surface area contributed by atoms with Gasteiger partial charge in [0.1, 0.15) is 0 Å². The predicted molar refractivity (Wildman–Crippen MR) is 67.1 cm³/mol. The second-order valence-corrected chi connectivity index (χ2v) is 4.86. The first-order chi connectivity index (χ1) is 7.59. The Morgan fingerprint density at radius 2 is 1.19 bits per heavy atom. The van der Waals surface area contributed by atoms with E-state index in [2.05, 4.69) is 27.7 Å². The summed E-state index contributed by atoms with van der Waals surface area (Å²) < 4.78 is 11.4. The van der Waals surface area contributed by atoms with E-state index < -0.39 is 0 Å². The molecule has 2 nitrogen and oxygen atoms in total. The van der Waals surface area contributed by atoms with Crippen LogP contribution in [0.1, 0.15) is 27.7 Å². The maximum absolute atomic E-state index is 5.71. The summed E-state index contributed by atoms with van der Waals surface area (Å²) in [4.78, 5) is 0. The number of hydrogen-bond donors (Lipinski definition) is 0. The fourth-order valence-electron chi connectivity index (χ4n) is 1.20. The van der Waals surface area contributed by atoms with Gasteiger partial charge in [0.2, 0.25) is 0 Å². The van der Waals surface area contributed by atoms with Crippen LogP contribution < -0.4 is 9.47 Å². The minimum absolute atomic E-state index is 0.526. The molecule has 0 spiro atoms. The van der Waals surface area contributed by atoms with Gasteiger partial charge >= 0.3 is 0 Å². The monoisotopic (exact) mass is 222 g/mol. The van der Waals surface area contributed by atoms with Crippen LogP contribution in [0.25, 0.3) is 0 Å². The van der Waals surface area contributed by atoms with Crippen LogP contribution in [0.2, 0.25) is 0 Å². The van der Waals surface area contributed by atoms with Crippen LogP contribution in [0.4, 0.5) is 0 Å². The van der Waals surface area contributed by atoms with Crippen LogP contribution in [0.5, 0.6) is 11.5 Å². The molecule has 0 saturated carbocycles. The lowest BCUT2D eigenvalue weighted by molar-refractivity contribution is 0.229. The van der Waals surface area contributed by atoms with Crippen molar-refractivity contribution >= 4 is 0 Å². The van der Waals surface area contributed by atoms with Crippen LogP contribution in [-0.2, 0) is 0 Å². The summed E-state index contributed by atoms with van der Waals surface area (Å²) in [6, 6.07) is 7.85. The molecule has 90 valence electrons. The molecule has 0 atom stereocenters. The molecule has 0 unspecified atom stereocenters. The quantitative estimate of drug-likeness (QED) is 0.729. The molecule has 0 amide bonds. The van der Waals surface area contributed by atoms with E-state index in [0.29, 0.717) is 11.8 Å². The topological polar surface area (TPSA) is 18.5 Å². The van der Waals surface area contributed by atoms with Gasteiger partial charge in [-0.15, -0.1) is 0 Å². The highest BCUT2D eigenvalue weighted by Gasteiger charge is 2.05. The third-order valence-corrected chi connectivity index (χ3v) is 1.99. The van der Waals surface area contributed by atoms with Gasteiger partial charge in [-0.1, -0.05) is 39.8 Å². The van der Waals surface area contributed by atoms with E-state index in [-0.39, 0.29) is 0 Å². The van der Waals surface area contributed by atoms with Crippen molar-refractivity contribution < 1.29 is 9.47 Å². The number of para-hydroxylation sites is 2. The SMILES string of the molecule is CC(C)COc1ccccc1OCC(C)C. The first-order valence-corrected chi connectivity index (χ1v) is 5.94. The van der Waals surface area contributed by atoms with Crippen molar-refractivity contribution in [3.63, 3.8) is 0 Å². The van der Waals surface area contributed by atoms with Gasteiger partial charge in [-0.2, -0.15) is 0 Å². The molecular formula is C14H22O2. The standard InChI is InChI=1S/C14H22O2/c1-11(2)9-15-13-7-5-6-8-14(13)16-10-12(3)4/h5-8,11-12H,9-10H2,1-4H3. The summed E-state index contributed by atoms with van der Waals surface area (Å²) in [7, 11) is 0.